The van der Waals surface area contributed by atoms with E-state index < -0.39 is 16.9 Å². The van der Waals surface area contributed by atoms with Gasteiger partial charge in [0.2, 0.25) is 0 Å². The average molecular weight is 365 g/mol. The lowest BCUT2D eigenvalue weighted by atomic mass is 10.0. The Morgan fingerprint density at radius 2 is 2.04 bits per heavy atom. The molecule has 0 aliphatic heterocycles. The summed E-state index contributed by atoms with van der Waals surface area (Å²) in [5.41, 5.74) is 1.54. The molecule has 1 amide bonds. The van der Waals surface area contributed by atoms with Crippen molar-refractivity contribution in [1.29, 1.82) is 5.26 Å². The van der Waals surface area contributed by atoms with Gasteiger partial charge in [0.25, 0.3) is 5.91 Å². The Kier molecular flexibility index (Phi) is 7.21. The van der Waals surface area contributed by atoms with E-state index in [2.05, 4.69) is 16.0 Å². The minimum Gasteiger partial charge on any atom is -0.321 e. The van der Waals surface area contributed by atoms with Crippen LogP contribution in [-0.4, -0.2) is 40.6 Å². The molecule has 0 aliphatic rings. The summed E-state index contributed by atoms with van der Waals surface area (Å²) in [7, 11) is -1.83. The third kappa shape index (κ3) is 4.41. The van der Waals surface area contributed by atoms with Gasteiger partial charge in [0.05, 0.1) is 16.6 Å². The summed E-state index contributed by atoms with van der Waals surface area (Å²) < 4.78 is 12.8. The highest BCUT2D eigenvalue weighted by molar-refractivity contribution is 7.82. The molecule has 2 heterocycles. The van der Waals surface area contributed by atoms with E-state index in [9.17, 15) is 19.5 Å². The van der Waals surface area contributed by atoms with Crippen molar-refractivity contribution in [2.24, 2.45) is 0 Å². The number of hydrogen-bond donors (Lipinski definition) is 1. The van der Waals surface area contributed by atoms with Crippen LogP contribution in [0.5, 0.6) is 0 Å². The van der Waals surface area contributed by atoms with Crippen molar-refractivity contribution in [3.63, 3.8) is 0 Å². The SMILES string of the molecule is CC.Cc1nc(C(C)C)c2c(C#N)cn(CC(=O)N(O)S(C)=O)c2n1. The minimum absolute atomic E-state index is 0.0790. The largest absolute Gasteiger partial charge is 0.321 e. The number of aromatic nitrogens is 3. The van der Waals surface area contributed by atoms with Crippen molar-refractivity contribution in [3.05, 3.63) is 23.3 Å². The van der Waals surface area contributed by atoms with Gasteiger partial charge >= 0.3 is 0 Å². The Bertz CT molecular complexity index is 838. The Labute approximate surface area is 149 Å². The molecule has 0 fully saturated rings. The van der Waals surface area contributed by atoms with Crippen LogP contribution in [0.4, 0.5) is 0 Å². The normalized spacial score (nSPS) is 11.6. The summed E-state index contributed by atoms with van der Waals surface area (Å²) >= 11 is 0. The number of nitrogens with zero attached hydrogens (tertiary/aromatic N) is 5. The Hall–Kier alpha value is -2.31. The van der Waals surface area contributed by atoms with E-state index in [0.717, 1.165) is 5.69 Å². The average Bonchev–Trinajstić information content (AvgIpc) is 2.92. The molecule has 0 bridgehead atoms. The molecule has 2 rings (SSSR count). The van der Waals surface area contributed by atoms with Crippen molar-refractivity contribution in [2.75, 3.05) is 6.26 Å². The zero-order valence-corrected chi connectivity index (χ0v) is 16.1. The summed E-state index contributed by atoms with van der Waals surface area (Å²) in [4.78, 5) is 20.6. The van der Waals surface area contributed by atoms with Gasteiger partial charge in [-0.15, -0.1) is 4.47 Å². The van der Waals surface area contributed by atoms with E-state index in [-0.39, 0.29) is 16.9 Å². The minimum atomic E-state index is -1.83. The monoisotopic (exact) mass is 365 g/mol. The van der Waals surface area contributed by atoms with E-state index in [0.29, 0.717) is 22.4 Å². The Balaban J connectivity index is 0.00000151. The summed E-state index contributed by atoms with van der Waals surface area (Å²) in [5, 5.41) is 19.4. The molecule has 25 heavy (non-hydrogen) atoms. The fraction of sp³-hybridized carbons (Fsp3) is 0.500. The van der Waals surface area contributed by atoms with Gasteiger partial charge < -0.3 is 4.57 Å². The third-order valence-electron chi connectivity index (χ3n) is 3.29. The number of carbonyl (C=O) groups excluding carboxylic acids is 1. The highest BCUT2D eigenvalue weighted by Crippen LogP contribution is 2.27. The predicted molar refractivity (Wildman–Crippen MR) is 95.1 cm³/mol. The quantitative estimate of drug-likeness (QED) is 0.657. The standard InChI is InChI=1S/C14H17N5O3S.C2H6/c1-8(2)13-12-10(5-15)6-18(14(12)17-9(3)16-13)7-11(20)19(21)23(4)22;1-2/h6,8,21H,7H2,1-4H3;1-2H3. The van der Waals surface area contributed by atoms with Gasteiger partial charge in [-0.3, -0.25) is 10.0 Å². The van der Waals surface area contributed by atoms with Gasteiger partial charge in [-0.05, 0) is 12.8 Å². The van der Waals surface area contributed by atoms with Gasteiger partial charge in [0.1, 0.15) is 35.1 Å². The number of nitriles is 1. The third-order valence-corrected chi connectivity index (χ3v) is 3.98. The summed E-state index contributed by atoms with van der Waals surface area (Å²) in [6, 6.07) is 2.08. The lowest BCUT2D eigenvalue weighted by Crippen LogP contribution is -2.31. The van der Waals surface area contributed by atoms with E-state index in [1.54, 1.807) is 6.92 Å². The summed E-state index contributed by atoms with van der Waals surface area (Å²) in [5.74, 6) is -0.151. The maximum Gasteiger partial charge on any atom is 0.278 e. The van der Waals surface area contributed by atoms with Crippen molar-refractivity contribution in [1.82, 2.24) is 19.0 Å². The molecular formula is C16H23N5O3S. The molecule has 2 aromatic heterocycles. The molecule has 2 aromatic rings. The highest BCUT2D eigenvalue weighted by atomic mass is 32.2. The molecule has 1 unspecified atom stereocenters. The molecular weight excluding hydrogens is 342 g/mol. The molecule has 8 nitrogen and oxygen atoms in total. The maximum absolute atomic E-state index is 11.9. The molecule has 0 spiro atoms. The second kappa shape index (κ2) is 8.69. The van der Waals surface area contributed by atoms with Crippen LogP contribution in [0.3, 0.4) is 0 Å². The number of aryl methyl sites for hydroxylation is 1. The molecule has 136 valence electrons. The summed E-state index contributed by atoms with van der Waals surface area (Å²) in [6.45, 7) is 9.37. The number of rotatable bonds is 4. The first-order valence-electron chi connectivity index (χ1n) is 7.89. The van der Waals surface area contributed by atoms with Gasteiger partial charge in [-0.2, -0.15) is 5.26 Å². The number of carbonyl (C=O) groups is 1. The number of hydrogen-bond acceptors (Lipinski definition) is 6. The van der Waals surface area contributed by atoms with Gasteiger partial charge in [0, 0.05) is 12.5 Å². The molecule has 0 aliphatic carbocycles. The molecule has 0 radical (unpaired) electrons. The van der Waals surface area contributed by atoms with E-state index >= 15 is 0 Å². The molecule has 0 saturated carbocycles. The molecule has 0 saturated heterocycles. The first-order valence-corrected chi connectivity index (χ1v) is 9.40. The molecule has 9 heteroatoms. The molecule has 1 atom stereocenters. The van der Waals surface area contributed by atoms with Crippen LogP contribution in [0.25, 0.3) is 11.0 Å². The van der Waals surface area contributed by atoms with Crippen molar-refractivity contribution in [2.45, 2.75) is 47.1 Å². The van der Waals surface area contributed by atoms with Crippen LogP contribution in [0.1, 0.15) is 50.7 Å². The summed E-state index contributed by atoms with van der Waals surface area (Å²) in [6.07, 6.45) is 2.69. The Morgan fingerprint density at radius 3 is 2.52 bits per heavy atom. The second-order valence-electron chi connectivity index (χ2n) is 5.38. The number of fused-ring (bicyclic) bond motifs is 1. The number of hydroxylamine groups is 1. The molecule has 0 aromatic carbocycles. The highest BCUT2D eigenvalue weighted by Gasteiger charge is 2.21. The number of amides is 1. The predicted octanol–water partition coefficient (Wildman–Crippen LogP) is 2.27. The smallest absolute Gasteiger partial charge is 0.278 e. The lowest BCUT2D eigenvalue weighted by Gasteiger charge is -2.12. The van der Waals surface area contributed by atoms with Crippen molar-refractivity contribution < 1.29 is 14.2 Å². The van der Waals surface area contributed by atoms with Crippen molar-refractivity contribution in [3.8, 4) is 6.07 Å². The zero-order chi connectivity index (χ0) is 19.3. The van der Waals surface area contributed by atoms with Crippen LogP contribution in [0.2, 0.25) is 0 Å². The van der Waals surface area contributed by atoms with E-state index in [1.165, 1.54) is 17.0 Å². The van der Waals surface area contributed by atoms with Crippen LogP contribution in [0, 0.1) is 18.3 Å². The first-order chi connectivity index (χ1) is 11.8. The van der Waals surface area contributed by atoms with Crippen LogP contribution in [0.15, 0.2) is 6.20 Å². The zero-order valence-electron chi connectivity index (χ0n) is 15.3. The maximum atomic E-state index is 11.9. The van der Waals surface area contributed by atoms with E-state index in [4.69, 9.17) is 0 Å². The topological polar surface area (TPSA) is 112 Å². The fourth-order valence-electron chi connectivity index (χ4n) is 2.30. The van der Waals surface area contributed by atoms with Crippen LogP contribution >= 0.6 is 0 Å². The van der Waals surface area contributed by atoms with Crippen LogP contribution in [-0.2, 0) is 22.3 Å². The van der Waals surface area contributed by atoms with Gasteiger partial charge in [0.15, 0.2) is 0 Å². The van der Waals surface area contributed by atoms with E-state index in [1.807, 2.05) is 27.7 Å². The van der Waals surface area contributed by atoms with Gasteiger partial charge in [-0.25, -0.2) is 14.2 Å². The first kappa shape index (κ1) is 20.7. The Morgan fingerprint density at radius 1 is 1.44 bits per heavy atom. The lowest BCUT2D eigenvalue weighted by molar-refractivity contribution is -0.145. The molecule has 1 N–H and O–H groups in total. The van der Waals surface area contributed by atoms with Crippen molar-refractivity contribution >= 4 is 27.9 Å². The second-order valence-corrected chi connectivity index (χ2v) is 6.58. The fourth-order valence-corrected chi connectivity index (χ4v) is 2.64. The van der Waals surface area contributed by atoms with Gasteiger partial charge in [-0.1, -0.05) is 27.7 Å². The van der Waals surface area contributed by atoms with Crippen LogP contribution < -0.4 is 0 Å².